The summed E-state index contributed by atoms with van der Waals surface area (Å²) >= 11 is 13.7. The maximum atomic E-state index is 14.2. The quantitative estimate of drug-likeness (QED) is 0.125. The van der Waals surface area contributed by atoms with Crippen molar-refractivity contribution in [3.05, 3.63) is 158 Å². The fourth-order valence-electron chi connectivity index (χ4n) is 6.08. The smallest absolute Gasteiger partial charge is 0.271 e. The summed E-state index contributed by atoms with van der Waals surface area (Å²) in [6.45, 7) is 2.53. The topological polar surface area (TPSA) is 96.0 Å². The molecule has 1 aliphatic carbocycles. The number of non-ortho nitro benzene ring substituents is 1. The lowest BCUT2D eigenvalue weighted by Gasteiger charge is -2.30. The molecular weight excluding hydrogens is 657 g/mol. The molecule has 2 heterocycles. The van der Waals surface area contributed by atoms with Crippen LogP contribution in [0.3, 0.4) is 0 Å². The second kappa shape index (κ2) is 12.8. The lowest BCUT2D eigenvalue weighted by molar-refractivity contribution is -0.384. The minimum atomic E-state index is -0.522. The SMILES string of the molecule is CCOc1cc(/C=c2/sc3n(c2=O)C(c2cccc([N+](=O)[O-])c2)C2=C(N=3)c3ccccc3CC2)ccc1OCc1ccc(Cl)cc1Cl. The first-order chi connectivity index (χ1) is 22.8. The number of ether oxygens (including phenoxy) is 2. The van der Waals surface area contributed by atoms with E-state index in [1.165, 1.54) is 23.0 Å². The Labute approximate surface area is 283 Å². The number of thiazole rings is 1. The highest BCUT2D eigenvalue weighted by Crippen LogP contribution is 2.41. The Hall–Kier alpha value is -4.70. The number of nitro benzene ring substituents is 1. The van der Waals surface area contributed by atoms with Crippen LogP contribution in [0.4, 0.5) is 5.69 Å². The summed E-state index contributed by atoms with van der Waals surface area (Å²) in [6, 6.07) is 24.9. The minimum absolute atomic E-state index is 0.0240. The molecule has 0 radical (unpaired) electrons. The molecule has 7 rings (SSSR count). The normalized spacial score (nSPS) is 15.4. The van der Waals surface area contributed by atoms with Crippen LogP contribution in [0.5, 0.6) is 11.5 Å². The number of nitro groups is 1. The summed E-state index contributed by atoms with van der Waals surface area (Å²) in [5.74, 6) is 1.06. The summed E-state index contributed by atoms with van der Waals surface area (Å²) in [7, 11) is 0. The number of aromatic nitrogens is 1. The van der Waals surface area contributed by atoms with Crippen molar-refractivity contribution in [3.8, 4) is 11.5 Å². The highest BCUT2D eigenvalue weighted by atomic mass is 35.5. The number of benzene rings is 4. The molecule has 0 amide bonds. The average molecular weight is 685 g/mol. The van der Waals surface area contributed by atoms with E-state index in [1.807, 2.05) is 55.5 Å². The number of nitrogens with zero attached hydrogens (tertiary/aromatic N) is 3. The maximum absolute atomic E-state index is 14.2. The number of hydrogen-bond donors (Lipinski definition) is 0. The monoisotopic (exact) mass is 683 g/mol. The molecule has 1 aliphatic heterocycles. The molecule has 47 heavy (non-hydrogen) atoms. The third-order valence-electron chi connectivity index (χ3n) is 8.23. The van der Waals surface area contributed by atoms with E-state index in [9.17, 15) is 14.9 Å². The second-order valence-corrected chi connectivity index (χ2v) is 13.0. The highest BCUT2D eigenvalue weighted by molar-refractivity contribution is 7.07. The fourth-order valence-corrected chi connectivity index (χ4v) is 7.54. The van der Waals surface area contributed by atoms with E-state index < -0.39 is 11.0 Å². The van der Waals surface area contributed by atoms with Gasteiger partial charge in [0.1, 0.15) is 6.61 Å². The van der Waals surface area contributed by atoms with Gasteiger partial charge in [0, 0.05) is 33.3 Å². The van der Waals surface area contributed by atoms with Crippen LogP contribution in [0, 0.1) is 10.1 Å². The zero-order valence-corrected chi connectivity index (χ0v) is 27.4. The highest BCUT2D eigenvalue weighted by Gasteiger charge is 2.33. The Morgan fingerprint density at radius 1 is 1.00 bits per heavy atom. The summed E-state index contributed by atoms with van der Waals surface area (Å²) < 4.78 is 14.1. The van der Waals surface area contributed by atoms with Gasteiger partial charge in [0.05, 0.1) is 27.8 Å². The molecule has 0 saturated heterocycles. The third kappa shape index (κ3) is 5.98. The molecule has 236 valence electrons. The van der Waals surface area contributed by atoms with E-state index in [-0.39, 0.29) is 17.9 Å². The van der Waals surface area contributed by atoms with Crippen LogP contribution in [0.1, 0.15) is 47.2 Å². The van der Waals surface area contributed by atoms with Crippen LogP contribution in [0.2, 0.25) is 10.0 Å². The molecule has 11 heteroatoms. The van der Waals surface area contributed by atoms with Gasteiger partial charge in [-0.3, -0.25) is 19.5 Å². The number of allylic oxidation sites excluding steroid dienone is 1. The van der Waals surface area contributed by atoms with Crippen LogP contribution < -0.4 is 24.4 Å². The Balaban J connectivity index is 1.32. The van der Waals surface area contributed by atoms with Gasteiger partial charge in [-0.2, -0.15) is 0 Å². The molecule has 0 saturated carbocycles. The van der Waals surface area contributed by atoms with Crippen molar-refractivity contribution in [2.75, 3.05) is 6.61 Å². The molecule has 4 aromatic carbocycles. The lowest BCUT2D eigenvalue weighted by Crippen LogP contribution is -2.38. The molecule has 1 atom stereocenters. The zero-order chi connectivity index (χ0) is 32.7. The van der Waals surface area contributed by atoms with Crippen molar-refractivity contribution >= 4 is 52.0 Å². The van der Waals surface area contributed by atoms with Crippen LogP contribution in [-0.2, 0) is 13.0 Å². The molecule has 2 aliphatic rings. The van der Waals surface area contributed by atoms with Gasteiger partial charge in [0.15, 0.2) is 16.3 Å². The predicted octanol–water partition coefficient (Wildman–Crippen LogP) is 7.51. The van der Waals surface area contributed by atoms with Crippen LogP contribution in [0.25, 0.3) is 11.8 Å². The maximum Gasteiger partial charge on any atom is 0.271 e. The Morgan fingerprint density at radius 3 is 2.66 bits per heavy atom. The Bertz CT molecular complexity index is 2280. The average Bonchev–Trinajstić information content (AvgIpc) is 3.38. The summed E-state index contributed by atoms with van der Waals surface area (Å²) in [5, 5.41) is 12.8. The first-order valence-electron chi connectivity index (χ1n) is 15.0. The minimum Gasteiger partial charge on any atom is -0.490 e. The first kappa shape index (κ1) is 30.9. The van der Waals surface area contributed by atoms with Crippen molar-refractivity contribution in [1.82, 2.24) is 4.57 Å². The first-order valence-corrected chi connectivity index (χ1v) is 16.6. The number of fused-ring (bicyclic) bond motifs is 3. The van der Waals surface area contributed by atoms with E-state index in [1.54, 1.807) is 34.9 Å². The van der Waals surface area contributed by atoms with E-state index in [0.29, 0.717) is 49.5 Å². The Morgan fingerprint density at radius 2 is 1.85 bits per heavy atom. The molecule has 1 unspecified atom stereocenters. The summed E-state index contributed by atoms with van der Waals surface area (Å²) in [5.41, 5.74) is 5.99. The number of rotatable bonds is 8. The van der Waals surface area contributed by atoms with E-state index in [4.69, 9.17) is 37.7 Å². The largest absolute Gasteiger partial charge is 0.490 e. The molecule has 1 aromatic heterocycles. The van der Waals surface area contributed by atoms with Crippen molar-refractivity contribution in [1.29, 1.82) is 0 Å². The van der Waals surface area contributed by atoms with Gasteiger partial charge in [-0.25, -0.2) is 4.99 Å². The zero-order valence-electron chi connectivity index (χ0n) is 25.1. The third-order valence-corrected chi connectivity index (χ3v) is 9.80. The number of hydrogen-bond acceptors (Lipinski definition) is 7. The molecule has 8 nitrogen and oxygen atoms in total. The number of halogens is 2. The van der Waals surface area contributed by atoms with Gasteiger partial charge >= 0.3 is 0 Å². The van der Waals surface area contributed by atoms with Gasteiger partial charge in [0.25, 0.3) is 11.2 Å². The fraction of sp³-hybridized carbons (Fsp3) is 0.167. The van der Waals surface area contributed by atoms with Gasteiger partial charge in [-0.05, 0) is 72.4 Å². The standard InChI is InChI=1S/C36H27Cl2N3O5S/c1-2-45-31-16-21(10-15-30(31)46-20-24-11-13-25(37)19-29(24)38)17-32-35(42)40-34(23-7-5-8-26(18-23)41(43)44)28-14-12-22-6-3-4-9-27(22)33(28)39-36(40)47-32/h3-11,13,15-19,34H,2,12,14,20H2,1H3/b32-17+. The van der Waals surface area contributed by atoms with E-state index in [0.717, 1.165) is 34.4 Å². The second-order valence-electron chi connectivity index (χ2n) is 11.1. The summed E-state index contributed by atoms with van der Waals surface area (Å²) in [6.07, 6.45) is 3.29. The van der Waals surface area contributed by atoms with E-state index >= 15 is 0 Å². The molecular formula is C36H27Cl2N3O5S. The van der Waals surface area contributed by atoms with Crippen molar-refractivity contribution in [3.63, 3.8) is 0 Å². The Kier molecular flexibility index (Phi) is 8.44. The predicted molar refractivity (Wildman–Crippen MR) is 184 cm³/mol. The van der Waals surface area contributed by atoms with Crippen molar-refractivity contribution < 1.29 is 14.4 Å². The van der Waals surface area contributed by atoms with Crippen molar-refractivity contribution in [2.24, 2.45) is 4.99 Å². The lowest BCUT2D eigenvalue weighted by atomic mass is 9.83. The van der Waals surface area contributed by atoms with Crippen LogP contribution in [0.15, 0.2) is 100 Å². The van der Waals surface area contributed by atoms with Crippen LogP contribution in [-0.4, -0.2) is 16.1 Å². The van der Waals surface area contributed by atoms with Crippen LogP contribution >= 0.6 is 34.5 Å². The molecule has 0 spiro atoms. The molecule has 0 fully saturated rings. The van der Waals surface area contributed by atoms with E-state index in [2.05, 4.69) is 6.07 Å². The van der Waals surface area contributed by atoms with Gasteiger partial charge < -0.3 is 9.47 Å². The van der Waals surface area contributed by atoms with Gasteiger partial charge in [-0.1, -0.05) is 83.1 Å². The molecule has 0 bridgehead atoms. The van der Waals surface area contributed by atoms with Gasteiger partial charge in [0.2, 0.25) is 0 Å². The number of aryl methyl sites for hydroxylation is 1. The molecule has 0 N–H and O–H groups in total. The van der Waals surface area contributed by atoms with Crippen molar-refractivity contribution in [2.45, 2.75) is 32.4 Å². The summed E-state index contributed by atoms with van der Waals surface area (Å²) in [4.78, 5) is 31.1. The molecule has 5 aromatic rings. The van der Waals surface area contributed by atoms with Gasteiger partial charge in [-0.15, -0.1) is 0 Å².